The van der Waals surface area contributed by atoms with E-state index in [9.17, 15) is 26.4 Å². The maximum atomic E-state index is 12.5. The van der Waals surface area contributed by atoms with Gasteiger partial charge in [-0.2, -0.15) is 13.2 Å². The SMILES string of the molecule is O=C1CC(NS(=O)(=O)c2ccc(C(F)(F)F)cc2)CN1C1CC1. The van der Waals surface area contributed by atoms with Gasteiger partial charge in [-0.3, -0.25) is 4.79 Å². The monoisotopic (exact) mass is 348 g/mol. The van der Waals surface area contributed by atoms with Gasteiger partial charge >= 0.3 is 6.18 Å². The van der Waals surface area contributed by atoms with Crippen molar-refractivity contribution in [1.29, 1.82) is 0 Å². The van der Waals surface area contributed by atoms with Gasteiger partial charge in [0.2, 0.25) is 15.9 Å². The molecule has 1 aliphatic heterocycles. The minimum atomic E-state index is -4.52. The first-order valence-corrected chi connectivity index (χ1v) is 8.64. The fourth-order valence-electron chi connectivity index (χ4n) is 2.66. The molecule has 0 aromatic heterocycles. The van der Waals surface area contributed by atoms with Crippen LogP contribution in [0, 0.1) is 0 Å². The summed E-state index contributed by atoms with van der Waals surface area (Å²) in [6.45, 7) is 0.309. The first-order chi connectivity index (χ1) is 10.7. The van der Waals surface area contributed by atoms with Crippen LogP contribution in [0.5, 0.6) is 0 Å². The summed E-state index contributed by atoms with van der Waals surface area (Å²) in [5, 5.41) is 0. The lowest BCUT2D eigenvalue weighted by molar-refractivity contribution is -0.137. The largest absolute Gasteiger partial charge is 0.416 e. The predicted octanol–water partition coefficient (Wildman–Crippen LogP) is 1.75. The van der Waals surface area contributed by atoms with E-state index in [0.717, 1.165) is 37.1 Å². The van der Waals surface area contributed by atoms with E-state index < -0.39 is 27.8 Å². The molecule has 2 aliphatic rings. The third-order valence-electron chi connectivity index (χ3n) is 3.96. The van der Waals surface area contributed by atoms with Crippen molar-refractivity contribution in [1.82, 2.24) is 9.62 Å². The van der Waals surface area contributed by atoms with Gasteiger partial charge in [0.15, 0.2) is 0 Å². The van der Waals surface area contributed by atoms with Crippen LogP contribution in [-0.2, 0) is 21.0 Å². The van der Waals surface area contributed by atoms with E-state index in [-0.39, 0.29) is 23.3 Å². The summed E-state index contributed by atoms with van der Waals surface area (Å²) >= 11 is 0. The molecule has 0 spiro atoms. The second-order valence-electron chi connectivity index (χ2n) is 5.82. The molecule has 1 heterocycles. The summed E-state index contributed by atoms with van der Waals surface area (Å²) in [5.41, 5.74) is -0.910. The average Bonchev–Trinajstić information content (AvgIpc) is 3.22. The number of rotatable bonds is 4. The molecule has 0 radical (unpaired) electrons. The van der Waals surface area contributed by atoms with E-state index >= 15 is 0 Å². The van der Waals surface area contributed by atoms with Crippen LogP contribution < -0.4 is 4.72 Å². The van der Waals surface area contributed by atoms with Crippen LogP contribution >= 0.6 is 0 Å². The van der Waals surface area contributed by atoms with Crippen molar-refractivity contribution < 1.29 is 26.4 Å². The minimum absolute atomic E-state index is 0.0797. The Morgan fingerprint density at radius 2 is 1.74 bits per heavy atom. The topological polar surface area (TPSA) is 66.5 Å². The minimum Gasteiger partial charge on any atom is -0.338 e. The van der Waals surface area contributed by atoms with E-state index in [4.69, 9.17) is 0 Å². The normalized spacial score (nSPS) is 22.7. The van der Waals surface area contributed by atoms with E-state index in [0.29, 0.717) is 6.54 Å². The fourth-order valence-corrected chi connectivity index (χ4v) is 3.89. The number of hydrogen-bond donors (Lipinski definition) is 1. The molecule has 126 valence electrons. The molecule has 1 aromatic carbocycles. The highest BCUT2D eigenvalue weighted by Gasteiger charge is 2.40. The van der Waals surface area contributed by atoms with Gasteiger partial charge in [-0.15, -0.1) is 0 Å². The van der Waals surface area contributed by atoms with E-state index in [1.54, 1.807) is 4.90 Å². The van der Waals surface area contributed by atoms with Crippen molar-refractivity contribution in [3.63, 3.8) is 0 Å². The fraction of sp³-hybridized carbons (Fsp3) is 0.500. The van der Waals surface area contributed by atoms with Crippen LogP contribution in [0.25, 0.3) is 0 Å². The van der Waals surface area contributed by atoms with Gasteiger partial charge in [-0.1, -0.05) is 0 Å². The summed E-state index contributed by atoms with van der Waals surface area (Å²) in [6, 6.07) is 2.95. The third-order valence-corrected chi connectivity index (χ3v) is 5.50. The lowest BCUT2D eigenvalue weighted by Crippen LogP contribution is -2.37. The Bertz CT molecular complexity index is 712. The standard InChI is InChI=1S/C14H15F3N2O3S/c15-14(16,17)9-1-5-12(6-2-9)23(21,22)18-10-7-13(20)19(8-10)11-3-4-11/h1-2,5-6,10-11,18H,3-4,7-8H2. The molecule has 3 rings (SSSR count). The smallest absolute Gasteiger partial charge is 0.338 e. The van der Waals surface area contributed by atoms with E-state index in [1.807, 2.05) is 0 Å². The number of alkyl halides is 3. The Labute approximate surface area is 131 Å². The Morgan fingerprint density at radius 1 is 1.13 bits per heavy atom. The number of likely N-dealkylation sites (tertiary alicyclic amines) is 1. The number of sulfonamides is 1. The zero-order valence-electron chi connectivity index (χ0n) is 12.0. The number of nitrogens with zero attached hydrogens (tertiary/aromatic N) is 1. The van der Waals surface area contributed by atoms with Crippen LogP contribution in [0.3, 0.4) is 0 Å². The summed E-state index contributed by atoms with van der Waals surface area (Å²) in [7, 11) is -3.95. The van der Waals surface area contributed by atoms with Crippen molar-refractivity contribution in [2.24, 2.45) is 0 Å². The first-order valence-electron chi connectivity index (χ1n) is 7.16. The Balaban J connectivity index is 1.71. The highest BCUT2D eigenvalue weighted by Crippen LogP contribution is 2.32. The van der Waals surface area contributed by atoms with Crippen molar-refractivity contribution in [2.45, 2.75) is 42.4 Å². The molecule has 1 N–H and O–H groups in total. The van der Waals surface area contributed by atoms with Crippen LogP contribution in [0.15, 0.2) is 29.2 Å². The Hall–Kier alpha value is -1.61. The molecule has 1 saturated carbocycles. The van der Waals surface area contributed by atoms with Crippen molar-refractivity contribution in [3.05, 3.63) is 29.8 Å². The maximum Gasteiger partial charge on any atom is 0.416 e. The second kappa shape index (κ2) is 5.48. The summed E-state index contributed by atoms with van der Waals surface area (Å²) in [6.07, 6.45) is -2.57. The number of hydrogen-bond acceptors (Lipinski definition) is 3. The molecule has 9 heteroatoms. The third kappa shape index (κ3) is 3.50. The number of carbonyl (C=O) groups is 1. The lowest BCUT2D eigenvalue weighted by Gasteiger charge is -2.16. The Morgan fingerprint density at radius 3 is 2.26 bits per heavy atom. The van der Waals surface area contributed by atoms with Crippen LogP contribution in [0.2, 0.25) is 0 Å². The molecule has 23 heavy (non-hydrogen) atoms. The first kappa shape index (κ1) is 16.3. The Kier molecular flexibility index (Phi) is 3.88. The van der Waals surface area contributed by atoms with Gasteiger partial charge in [-0.05, 0) is 37.1 Å². The van der Waals surface area contributed by atoms with E-state index in [2.05, 4.69) is 4.72 Å². The van der Waals surface area contributed by atoms with Crippen molar-refractivity contribution in [2.75, 3.05) is 6.54 Å². The molecule has 1 aliphatic carbocycles. The maximum absolute atomic E-state index is 12.5. The van der Waals surface area contributed by atoms with Gasteiger partial charge in [0.1, 0.15) is 0 Å². The van der Waals surface area contributed by atoms with Gasteiger partial charge in [0, 0.05) is 25.0 Å². The average molecular weight is 348 g/mol. The second-order valence-corrected chi connectivity index (χ2v) is 7.54. The molecule has 1 saturated heterocycles. The van der Waals surface area contributed by atoms with Crippen molar-refractivity contribution >= 4 is 15.9 Å². The summed E-state index contributed by atoms with van der Waals surface area (Å²) in [5.74, 6) is -0.0902. The van der Waals surface area contributed by atoms with Gasteiger partial charge in [0.05, 0.1) is 10.5 Å². The van der Waals surface area contributed by atoms with E-state index in [1.165, 1.54) is 0 Å². The highest BCUT2D eigenvalue weighted by atomic mass is 32.2. The number of amides is 1. The number of carbonyl (C=O) groups excluding carboxylic acids is 1. The van der Waals surface area contributed by atoms with Crippen molar-refractivity contribution in [3.8, 4) is 0 Å². The summed E-state index contributed by atoms with van der Waals surface area (Å²) < 4.78 is 64.4. The van der Waals surface area contributed by atoms with Gasteiger partial charge in [0.25, 0.3) is 0 Å². The number of halogens is 3. The molecule has 2 fully saturated rings. The summed E-state index contributed by atoms with van der Waals surface area (Å²) in [4.78, 5) is 13.2. The quantitative estimate of drug-likeness (QED) is 0.901. The van der Waals surface area contributed by atoms with Crippen LogP contribution in [0.1, 0.15) is 24.8 Å². The zero-order chi connectivity index (χ0) is 16.8. The number of benzene rings is 1. The number of nitrogens with one attached hydrogen (secondary N) is 1. The molecular formula is C14H15F3N2O3S. The lowest BCUT2D eigenvalue weighted by atomic mass is 10.2. The predicted molar refractivity (Wildman–Crippen MR) is 74.9 cm³/mol. The molecule has 5 nitrogen and oxygen atoms in total. The molecule has 1 atom stereocenters. The van der Waals surface area contributed by atoms with Gasteiger partial charge in [-0.25, -0.2) is 13.1 Å². The van der Waals surface area contributed by atoms with Crippen LogP contribution in [0.4, 0.5) is 13.2 Å². The zero-order valence-corrected chi connectivity index (χ0v) is 12.8. The molecule has 0 bridgehead atoms. The molecule has 1 unspecified atom stereocenters. The molecular weight excluding hydrogens is 333 g/mol. The highest BCUT2D eigenvalue weighted by molar-refractivity contribution is 7.89. The van der Waals surface area contributed by atoms with Gasteiger partial charge < -0.3 is 4.90 Å². The molecule has 1 aromatic rings. The van der Waals surface area contributed by atoms with Crippen LogP contribution in [-0.4, -0.2) is 37.9 Å². The molecule has 1 amide bonds.